The van der Waals surface area contributed by atoms with Gasteiger partial charge in [-0.3, -0.25) is 4.79 Å². The van der Waals surface area contributed by atoms with E-state index in [1.165, 1.54) is 0 Å². The van der Waals surface area contributed by atoms with Gasteiger partial charge in [0, 0.05) is 0 Å². The molecule has 0 amide bonds. The average molecular weight is 236 g/mol. The van der Waals surface area contributed by atoms with Crippen LogP contribution in [-0.4, -0.2) is 12.6 Å². The van der Waals surface area contributed by atoms with Crippen LogP contribution < -0.4 is 0 Å². The summed E-state index contributed by atoms with van der Waals surface area (Å²) >= 11 is 0. The summed E-state index contributed by atoms with van der Waals surface area (Å²) in [7, 11) is 0. The number of carbonyl (C=O) groups is 1. The van der Waals surface area contributed by atoms with Crippen LogP contribution in [0.4, 0.5) is 0 Å². The van der Waals surface area contributed by atoms with Gasteiger partial charge < -0.3 is 4.74 Å². The van der Waals surface area contributed by atoms with Crippen LogP contribution >= 0.6 is 0 Å². The first kappa shape index (κ1) is 12.7. The number of rotatable bonds is 5. The lowest BCUT2D eigenvalue weighted by Crippen LogP contribution is -2.34. The first-order chi connectivity index (χ1) is 8.06. The number of carbonyl (C=O) groups excluding carboxylic acids is 1. The molecule has 96 valence electrons. The fourth-order valence-corrected chi connectivity index (χ4v) is 3.29. The van der Waals surface area contributed by atoms with Gasteiger partial charge in [0.1, 0.15) is 0 Å². The normalized spacial score (nSPS) is 36.2. The molecule has 4 unspecified atom stereocenters. The highest BCUT2D eigenvalue weighted by atomic mass is 16.5. The topological polar surface area (TPSA) is 26.3 Å². The second kappa shape index (κ2) is 4.83. The Morgan fingerprint density at radius 2 is 2.29 bits per heavy atom. The van der Waals surface area contributed by atoms with E-state index in [1.807, 2.05) is 0 Å². The van der Waals surface area contributed by atoms with Crippen molar-refractivity contribution in [3.05, 3.63) is 12.2 Å². The van der Waals surface area contributed by atoms with Crippen molar-refractivity contribution in [3.63, 3.8) is 0 Å². The van der Waals surface area contributed by atoms with E-state index in [0.717, 1.165) is 25.7 Å². The Bertz CT molecular complexity index is 321. The number of ether oxygens (including phenoxy) is 1. The molecule has 0 N–H and O–H groups in total. The lowest BCUT2D eigenvalue weighted by Gasteiger charge is -2.29. The van der Waals surface area contributed by atoms with Crippen LogP contribution in [0.25, 0.3) is 0 Å². The summed E-state index contributed by atoms with van der Waals surface area (Å²) in [5, 5.41) is 0. The molecule has 2 heteroatoms. The van der Waals surface area contributed by atoms with Gasteiger partial charge in [0.25, 0.3) is 0 Å². The fraction of sp³-hybridized carbons (Fsp3) is 0.800. The van der Waals surface area contributed by atoms with Crippen LogP contribution in [0.5, 0.6) is 0 Å². The minimum absolute atomic E-state index is 0.0253. The standard InChI is InChI=1S/C15H24O2/c1-4-5-11(2)10-17-14(16)15(3)9-12-6-7-13(15)8-12/h6-7,11-13H,4-5,8-10H2,1-3H3. The number of hydrogen-bond donors (Lipinski definition) is 0. The lowest BCUT2D eigenvalue weighted by molar-refractivity contribution is -0.157. The second-order valence-corrected chi connectivity index (χ2v) is 6.10. The minimum Gasteiger partial charge on any atom is -0.465 e. The third kappa shape index (κ3) is 2.41. The van der Waals surface area contributed by atoms with Crippen LogP contribution in [0.15, 0.2) is 12.2 Å². The van der Waals surface area contributed by atoms with Gasteiger partial charge in [-0.2, -0.15) is 0 Å². The highest BCUT2D eigenvalue weighted by molar-refractivity contribution is 5.78. The molecule has 2 rings (SSSR count). The van der Waals surface area contributed by atoms with Crippen molar-refractivity contribution >= 4 is 5.97 Å². The second-order valence-electron chi connectivity index (χ2n) is 6.10. The zero-order chi connectivity index (χ0) is 12.5. The molecular formula is C15H24O2. The van der Waals surface area contributed by atoms with Gasteiger partial charge in [-0.15, -0.1) is 0 Å². The van der Waals surface area contributed by atoms with Gasteiger partial charge in [-0.05, 0) is 43.9 Å². The SMILES string of the molecule is CCCC(C)COC(=O)C1(C)CC2C=CC1C2. The van der Waals surface area contributed by atoms with E-state index < -0.39 is 0 Å². The molecule has 0 aromatic carbocycles. The molecule has 0 spiro atoms. The number of hydrogen-bond acceptors (Lipinski definition) is 2. The van der Waals surface area contributed by atoms with E-state index in [-0.39, 0.29) is 11.4 Å². The maximum atomic E-state index is 12.2. The number of esters is 1. The largest absolute Gasteiger partial charge is 0.465 e. The summed E-state index contributed by atoms with van der Waals surface area (Å²) in [6.07, 6.45) is 8.90. The van der Waals surface area contributed by atoms with E-state index in [2.05, 4.69) is 32.9 Å². The molecule has 1 fully saturated rings. The van der Waals surface area contributed by atoms with Gasteiger partial charge in [-0.1, -0.05) is 32.4 Å². The molecule has 0 radical (unpaired) electrons. The van der Waals surface area contributed by atoms with E-state index in [0.29, 0.717) is 24.4 Å². The Morgan fingerprint density at radius 1 is 1.53 bits per heavy atom. The summed E-state index contributed by atoms with van der Waals surface area (Å²) in [6, 6.07) is 0. The van der Waals surface area contributed by atoms with Gasteiger partial charge >= 0.3 is 5.97 Å². The zero-order valence-electron chi connectivity index (χ0n) is 11.2. The summed E-state index contributed by atoms with van der Waals surface area (Å²) in [5.41, 5.74) is -0.245. The molecule has 2 aliphatic carbocycles. The molecule has 2 aliphatic rings. The van der Waals surface area contributed by atoms with Crippen molar-refractivity contribution in [3.8, 4) is 0 Å². The minimum atomic E-state index is -0.245. The van der Waals surface area contributed by atoms with Crippen molar-refractivity contribution in [2.45, 2.75) is 46.5 Å². The van der Waals surface area contributed by atoms with E-state index >= 15 is 0 Å². The summed E-state index contributed by atoms with van der Waals surface area (Å²) in [4.78, 5) is 12.2. The lowest BCUT2D eigenvalue weighted by atomic mass is 9.78. The van der Waals surface area contributed by atoms with Crippen LogP contribution in [-0.2, 0) is 9.53 Å². The highest BCUT2D eigenvalue weighted by Crippen LogP contribution is 2.52. The van der Waals surface area contributed by atoms with E-state index in [4.69, 9.17) is 4.74 Å². The van der Waals surface area contributed by atoms with Crippen molar-refractivity contribution < 1.29 is 9.53 Å². The Kier molecular flexibility index (Phi) is 3.60. The Morgan fingerprint density at radius 3 is 2.82 bits per heavy atom. The van der Waals surface area contributed by atoms with Crippen molar-refractivity contribution in [1.82, 2.24) is 0 Å². The highest BCUT2D eigenvalue weighted by Gasteiger charge is 2.51. The predicted octanol–water partition coefficient (Wildman–Crippen LogP) is 3.57. The summed E-state index contributed by atoms with van der Waals surface area (Å²) in [6.45, 7) is 6.98. The van der Waals surface area contributed by atoms with Crippen molar-refractivity contribution in [2.24, 2.45) is 23.2 Å². The predicted molar refractivity (Wildman–Crippen MR) is 68.5 cm³/mol. The molecule has 2 nitrogen and oxygen atoms in total. The maximum Gasteiger partial charge on any atom is 0.312 e. The Labute approximate surface area is 104 Å². The van der Waals surface area contributed by atoms with Crippen LogP contribution in [0.2, 0.25) is 0 Å². The number of allylic oxidation sites excluding steroid dienone is 2. The molecule has 2 bridgehead atoms. The maximum absolute atomic E-state index is 12.2. The molecule has 1 saturated carbocycles. The van der Waals surface area contributed by atoms with Gasteiger partial charge in [0.05, 0.1) is 12.0 Å². The fourth-order valence-electron chi connectivity index (χ4n) is 3.29. The van der Waals surface area contributed by atoms with E-state index in [1.54, 1.807) is 0 Å². The molecule has 0 aliphatic heterocycles. The third-order valence-electron chi connectivity index (χ3n) is 4.42. The van der Waals surface area contributed by atoms with E-state index in [9.17, 15) is 4.79 Å². The van der Waals surface area contributed by atoms with Crippen LogP contribution in [0.1, 0.15) is 46.5 Å². The first-order valence-electron chi connectivity index (χ1n) is 6.91. The van der Waals surface area contributed by atoms with Gasteiger partial charge in [0.2, 0.25) is 0 Å². The Balaban J connectivity index is 1.86. The molecule has 0 aromatic rings. The third-order valence-corrected chi connectivity index (χ3v) is 4.42. The summed E-state index contributed by atoms with van der Waals surface area (Å²) < 4.78 is 5.52. The smallest absolute Gasteiger partial charge is 0.312 e. The summed E-state index contributed by atoms with van der Waals surface area (Å²) in [5.74, 6) is 1.55. The van der Waals surface area contributed by atoms with Crippen molar-refractivity contribution in [2.75, 3.05) is 6.61 Å². The number of fused-ring (bicyclic) bond motifs is 2. The van der Waals surface area contributed by atoms with Crippen LogP contribution in [0, 0.1) is 23.2 Å². The van der Waals surface area contributed by atoms with Gasteiger partial charge in [0.15, 0.2) is 0 Å². The first-order valence-corrected chi connectivity index (χ1v) is 6.91. The monoisotopic (exact) mass is 236 g/mol. The molecular weight excluding hydrogens is 212 g/mol. The van der Waals surface area contributed by atoms with Crippen LogP contribution in [0.3, 0.4) is 0 Å². The molecule has 0 heterocycles. The van der Waals surface area contributed by atoms with Crippen molar-refractivity contribution in [1.29, 1.82) is 0 Å². The molecule has 0 saturated heterocycles. The quantitative estimate of drug-likeness (QED) is 0.539. The molecule has 17 heavy (non-hydrogen) atoms. The molecule has 0 aromatic heterocycles. The zero-order valence-corrected chi connectivity index (χ0v) is 11.2. The molecule has 4 atom stereocenters. The average Bonchev–Trinajstić information content (AvgIpc) is 2.86. The van der Waals surface area contributed by atoms with Gasteiger partial charge in [-0.25, -0.2) is 0 Å². The Hall–Kier alpha value is -0.790.